The predicted molar refractivity (Wildman–Crippen MR) is 104 cm³/mol. The Bertz CT molecular complexity index is 315. The fourth-order valence-electron chi connectivity index (χ4n) is 0.786. The molecule has 174 valence electrons. The van der Waals surface area contributed by atoms with Gasteiger partial charge in [-0.05, 0) is 55.4 Å². The Morgan fingerprint density at radius 2 is 0.857 bits per heavy atom. The number of carbonyl (C=O) groups is 1. The van der Waals surface area contributed by atoms with Gasteiger partial charge in [-0.3, -0.25) is 0 Å². The standard InChI is InChI=1S/C13H28O6.C3H6O.CH4O2.CH4O/c1-11(2,14-7)16-9-18-13(5,6)19-10-17-12(3,4)15-8;1-3(2)4;2-1-3;1-2/h9-10H2,1-8H3;1-2H3;2-3H,1H2;2H,1H3. The molecular weight excluding hydrogens is 376 g/mol. The zero-order chi connectivity index (χ0) is 23.4. The fourth-order valence-corrected chi connectivity index (χ4v) is 0.786. The van der Waals surface area contributed by atoms with Gasteiger partial charge in [0.1, 0.15) is 12.6 Å². The summed E-state index contributed by atoms with van der Waals surface area (Å²) in [6.45, 7) is 13.2. The van der Waals surface area contributed by atoms with E-state index < -0.39 is 24.2 Å². The summed E-state index contributed by atoms with van der Waals surface area (Å²) < 4.78 is 31.9. The third kappa shape index (κ3) is 32.9. The molecule has 0 unspecified atom stereocenters. The number of rotatable bonds is 10. The van der Waals surface area contributed by atoms with Gasteiger partial charge < -0.3 is 48.5 Å². The molecule has 0 aromatic heterocycles. The Balaban J connectivity index is -0.000000269. The normalized spacial score (nSPS) is 11.2. The maximum absolute atomic E-state index is 9.44. The van der Waals surface area contributed by atoms with Crippen LogP contribution in [0.2, 0.25) is 0 Å². The highest BCUT2D eigenvalue weighted by atomic mass is 16.8. The topological polar surface area (TPSA) is 133 Å². The summed E-state index contributed by atoms with van der Waals surface area (Å²) in [5, 5.41) is 21.2. The monoisotopic (exact) mass is 418 g/mol. The molecule has 0 spiro atoms. The molecule has 0 saturated carbocycles. The van der Waals surface area contributed by atoms with Gasteiger partial charge in [-0.15, -0.1) is 0 Å². The highest BCUT2D eigenvalue weighted by Crippen LogP contribution is 2.17. The first-order chi connectivity index (χ1) is 12.7. The van der Waals surface area contributed by atoms with Crippen molar-refractivity contribution in [2.75, 3.05) is 41.7 Å². The molecule has 0 amide bonds. The van der Waals surface area contributed by atoms with Gasteiger partial charge in [0.2, 0.25) is 0 Å². The van der Waals surface area contributed by atoms with Gasteiger partial charge in [0.25, 0.3) is 0 Å². The minimum absolute atomic E-state index is 0.0571. The average molecular weight is 419 g/mol. The first kappa shape index (κ1) is 34.8. The minimum atomic E-state index is -0.826. The number of aliphatic hydroxyl groups excluding tert-OH is 2. The van der Waals surface area contributed by atoms with Crippen molar-refractivity contribution < 1.29 is 48.5 Å². The van der Waals surface area contributed by atoms with E-state index in [-0.39, 0.29) is 19.4 Å². The number of carbonyl (C=O) groups excluding carboxylic acids is 1. The van der Waals surface area contributed by atoms with E-state index in [9.17, 15) is 4.79 Å². The summed E-state index contributed by atoms with van der Waals surface area (Å²) in [6.07, 6.45) is 0. The number of Topliss-reactive ketones (excluding diaryl/α,β-unsaturated/α-hetero) is 1. The molecule has 0 aromatic carbocycles. The van der Waals surface area contributed by atoms with Crippen molar-refractivity contribution in [2.24, 2.45) is 0 Å². The van der Waals surface area contributed by atoms with E-state index in [0.717, 1.165) is 7.11 Å². The Kier molecular flexibility index (Phi) is 24.4. The number of hydrogen-bond acceptors (Lipinski definition) is 10. The quantitative estimate of drug-likeness (QED) is 0.449. The summed E-state index contributed by atoms with van der Waals surface area (Å²) in [4.78, 5) is 9.44. The summed E-state index contributed by atoms with van der Waals surface area (Å²) in [5.74, 6) is -2.04. The molecule has 3 N–H and O–H groups in total. The van der Waals surface area contributed by atoms with Gasteiger partial charge in [-0.25, -0.2) is 0 Å². The summed E-state index contributed by atoms with van der Waals surface area (Å²) >= 11 is 0. The lowest BCUT2D eigenvalue weighted by molar-refractivity contribution is -0.336. The molecule has 0 aliphatic heterocycles. The van der Waals surface area contributed by atoms with Crippen molar-refractivity contribution in [2.45, 2.75) is 72.8 Å². The molecule has 0 rings (SSSR count). The summed E-state index contributed by atoms with van der Waals surface area (Å²) in [5.41, 5.74) is 0. The van der Waals surface area contributed by atoms with Crippen molar-refractivity contribution in [3.05, 3.63) is 0 Å². The van der Waals surface area contributed by atoms with Crippen molar-refractivity contribution in [1.82, 2.24) is 0 Å². The molecule has 0 saturated heterocycles. The number of methoxy groups -OCH3 is 2. The Morgan fingerprint density at radius 3 is 1.04 bits per heavy atom. The first-order valence-electron chi connectivity index (χ1n) is 8.48. The van der Waals surface area contributed by atoms with E-state index in [4.69, 9.17) is 43.7 Å². The van der Waals surface area contributed by atoms with Gasteiger partial charge in [-0.1, -0.05) is 0 Å². The highest BCUT2D eigenvalue weighted by molar-refractivity contribution is 5.72. The highest BCUT2D eigenvalue weighted by Gasteiger charge is 2.24. The smallest absolute Gasteiger partial charge is 0.168 e. The van der Waals surface area contributed by atoms with Crippen LogP contribution in [0.1, 0.15) is 55.4 Å². The SMILES string of the molecule is CC(C)=O.CO.COC(C)(C)OCOC(C)(C)OCOC(C)(C)OC.OCO. The average Bonchev–Trinajstić information content (AvgIpc) is 2.56. The van der Waals surface area contributed by atoms with Crippen LogP contribution < -0.4 is 0 Å². The van der Waals surface area contributed by atoms with Crippen LogP contribution in [-0.4, -0.2) is 80.2 Å². The lowest BCUT2D eigenvalue weighted by atomic mass is 10.4. The molecule has 0 aliphatic carbocycles. The number of ether oxygens (including phenoxy) is 6. The Labute approximate surface area is 169 Å². The maximum Gasteiger partial charge on any atom is 0.168 e. The number of ketones is 1. The molecule has 0 atom stereocenters. The van der Waals surface area contributed by atoms with Crippen molar-refractivity contribution in [3.8, 4) is 0 Å². The largest absolute Gasteiger partial charge is 0.400 e. The Hall–Kier alpha value is -0.690. The molecule has 0 aromatic rings. The van der Waals surface area contributed by atoms with Crippen LogP contribution in [0.25, 0.3) is 0 Å². The molecule has 0 fully saturated rings. The summed E-state index contributed by atoms with van der Waals surface area (Å²) in [6, 6.07) is 0. The van der Waals surface area contributed by atoms with E-state index in [0.29, 0.717) is 0 Å². The van der Waals surface area contributed by atoms with Crippen LogP contribution in [-0.2, 0) is 33.2 Å². The van der Waals surface area contributed by atoms with Crippen molar-refractivity contribution in [1.29, 1.82) is 0 Å². The van der Waals surface area contributed by atoms with Gasteiger partial charge in [0.05, 0.1) is 0 Å². The first-order valence-corrected chi connectivity index (χ1v) is 8.48. The second-order valence-electron chi connectivity index (χ2n) is 6.47. The minimum Gasteiger partial charge on any atom is -0.400 e. The Morgan fingerprint density at radius 1 is 0.679 bits per heavy atom. The van der Waals surface area contributed by atoms with Gasteiger partial charge in [0, 0.05) is 21.3 Å². The van der Waals surface area contributed by atoms with Gasteiger partial charge >= 0.3 is 0 Å². The molecule has 0 heterocycles. The number of aliphatic hydroxyl groups is 3. The third-order valence-electron chi connectivity index (χ3n) is 2.61. The number of hydrogen-bond donors (Lipinski definition) is 3. The maximum atomic E-state index is 9.44. The predicted octanol–water partition coefficient (Wildman–Crippen LogP) is 1.60. The second kappa shape index (κ2) is 19.6. The van der Waals surface area contributed by atoms with Crippen LogP contribution in [0.5, 0.6) is 0 Å². The molecule has 0 bridgehead atoms. The van der Waals surface area contributed by atoms with E-state index in [1.165, 1.54) is 13.8 Å². The van der Waals surface area contributed by atoms with Crippen LogP contribution >= 0.6 is 0 Å². The third-order valence-corrected chi connectivity index (χ3v) is 2.61. The molecular formula is C18H42O10. The van der Waals surface area contributed by atoms with E-state index in [1.807, 2.05) is 0 Å². The zero-order valence-electron chi connectivity index (χ0n) is 19.3. The van der Waals surface area contributed by atoms with Gasteiger partial charge in [-0.2, -0.15) is 0 Å². The lowest BCUT2D eigenvalue weighted by Gasteiger charge is -2.30. The van der Waals surface area contributed by atoms with E-state index in [1.54, 1.807) is 55.8 Å². The molecule has 28 heavy (non-hydrogen) atoms. The van der Waals surface area contributed by atoms with Crippen LogP contribution in [0.15, 0.2) is 0 Å². The molecule has 10 nitrogen and oxygen atoms in total. The van der Waals surface area contributed by atoms with Gasteiger partial charge in [0.15, 0.2) is 30.9 Å². The second-order valence-corrected chi connectivity index (χ2v) is 6.47. The summed E-state index contributed by atoms with van der Waals surface area (Å²) in [7, 11) is 4.14. The van der Waals surface area contributed by atoms with Crippen LogP contribution in [0.4, 0.5) is 0 Å². The van der Waals surface area contributed by atoms with E-state index in [2.05, 4.69) is 0 Å². The molecule has 0 radical (unpaired) electrons. The van der Waals surface area contributed by atoms with Crippen molar-refractivity contribution >= 4 is 5.78 Å². The fraction of sp³-hybridized carbons (Fsp3) is 0.944. The zero-order valence-corrected chi connectivity index (χ0v) is 19.3. The lowest BCUT2D eigenvalue weighted by Crippen LogP contribution is -2.36. The van der Waals surface area contributed by atoms with E-state index >= 15 is 0 Å². The molecule has 10 heteroatoms. The van der Waals surface area contributed by atoms with Crippen LogP contribution in [0, 0.1) is 0 Å². The van der Waals surface area contributed by atoms with Crippen molar-refractivity contribution in [3.63, 3.8) is 0 Å². The molecule has 0 aliphatic rings. The van der Waals surface area contributed by atoms with Crippen LogP contribution in [0.3, 0.4) is 0 Å².